The molecule has 0 unspecified atom stereocenters. The summed E-state index contributed by atoms with van der Waals surface area (Å²) in [6.07, 6.45) is 3.86. The summed E-state index contributed by atoms with van der Waals surface area (Å²) in [6, 6.07) is 6.85. The monoisotopic (exact) mass is 279 g/mol. The maximum atomic E-state index is 12.9. The van der Waals surface area contributed by atoms with Crippen LogP contribution >= 0.6 is 0 Å². The molecule has 1 aliphatic heterocycles. The molecule has 0 saturated carbocycles. The van der Waals surface area contributed by atoms with Crippen LogP contribution < -0.4 is 10.2 Å². The molecule has 0 aliphatic carbocycles. The minimum atomic E-state index is -0.158. The van der Waals surface area contributed by atoms with Crippen molar-refractivity contribution in [3.8, 4) is 0 Å². The Hall–Kier alpha value is -1.13. The van der Waals surface area contributed by atoms with Crippen LogP contribution in [0.15, 0.2) is 24.3 Å². The number of nitrogens with zero attached hydrogens (tertiary/aromatic N) is 2. The lowest BCUT2D eigenvalue weighted by Crippen LogP contribution is -2.46. The van der Waals surface area contributed by atoms with E-state index >= 15 is 0 Å². The van der Waals surface area contributed by atoms with E-state index in [0.29, 0.717) is 0 Å². The maximum Gasteiger partial charge on any atom is 0.123 e. The highest BCUT2D eigenvalue weighted by Crippen LogP contribution is 2.17. The van der Waals surface area contributed by atoms with Crippen molar-refractivity contribution < 1.29 is 4.39 Å². The molecule has 1 fully saturated rings. The molecule has 4 heteroatoms. The molecule has 1 aromatic rings. The smallest absolute Gasteiger partial charge is 0.123 e. The number of unbranched alkanes of at least 4 members (excludes halogenated alkanes) is 2. The molecule has 0 aromatic heterocycles. The third-order valence-corrected chi connectivity index (χ3v) is 3.97. The van der Waals surface area contributed by atoms with E-state index in [0.717, 1.165) is 38.4 Å². The Morgan fingerprint density at radius 1 is 1.00 bits per heavy atom. The van der Waals surface area contributed by atoms with E-state index < -0.39 is 0 Å². The van der Waals surface area contributed by atoms with Gasteiger partial charge in [-0.1, -0.05) is 6.42 Å². The van der Waals surface area contributed by atoms with Crippen LogP contribution in [0.25, 0.3) is 0 Å². The lowest BCUT2D eigenvalue weighted by atomic mass is 10.2. The summed E-state index contributed by atoms with van der Waals surface area (Å²) in [5, 5.41) is 3.19. The van der Waals surface area contributed by atoms with E-state index in [1.54, 1.807) is 12.1 Å². The molecule has 20 heavy (non-hydrogen) atoms. The number of nitrogens with one attached hydrogen (secondary N) is 1. The molecule has 112 valence electrons. The summed E-state index contributed by atoms with van der Waals surface area (Å²) in [6.45, 7) is 6.65. The summed E-state index contributed by atoms with van der Waals surface area (Å²) in [7, 11) is 2.01. The van der Waals surface area contributed by atoms with Crippen LogP contribution in [0, 0.1) is 5.82 Å². The number of piperazine rings is 1. The molecule has 3 nitrogen and oxygen atoms in total. The van der Waals surface area contributed by atoms with Crippen LogP contribution in [0.2, 0.25) is 0 Å². The highest BCUT2D eigenvalue weighted by atomic mass is 19.1. The normalized spacial score (nSPS) is 16.6. The summed E-state index contributed by atoms with van der Waals surface area (Å²) in [5.41, 5.74) is 1.14. The fourth-order valence-electron chi connectivity index (χ4n) is 2.70. The van der Waals surface area contributed by atoms with Crippen molar-refractivity contribution in [1.82, 2.24) is 10.2 Å². The minimum absolute atomic E-state index is 0.158. The molecule has 1 aliphatic rings. The number of anilines is 1. The molecular formula is C16H26FN3. The number of hydrogen-bond donors (Lipinski definition) is 1. The van der Waals surface area contributed by atoms with Crippen molar-refractivity contribution >= 4 is 5.69 Å². The second-order valence-corrected chi connectivity index (χ2v) is 5.47. The predicted octanol–water partition coefficient (Wildman–Crippen LogP) is 2.34. The average Bonchev–Trinajstić information content (AvgIpc) is 2.49. The third kappa shape index (κ3) is 4.76. The Morgan fingerprint density at radius 3 is 2.35 bits per heavy atom. The molecule has 2 rings (SSSR count). The van der Waals surface area contributed by atoms with Gasteiger partial charge in [-0.15, -0.1) is 0 Å². The van der Waals surface area contributed by atoms with Crippen LogP contribution in [-0.2, 0) is 0 Å². The quantitative estimate of drug-likeness (QED) is 0.773. The van der Waals surface area contributed by atoms with Gasteiger partial charge in [-0.2, -0.15) is 0 Å². The Balaban J connectivity index is 1.66. The Bertz CT molecular complexity index is 372. The molecule has 1 saturated heterocycles. The van der Waals surface area contributed by atoms with Crippen LogP contribution in [-0.4, -0.2) is 51.2 Å². The molecule has 0 spiro atoms. The Kier molecular flexibility index (Phi) is 6.27. The van der Waals surface area contributed by atoms with Crippen LogP contribution in [0.4, 0.5) is 10.1 Å². The largest absolute Gasteiger partial charge is 0.369 e. The van der Waals surface area contributed by atoms with Crippen LogP contribution in [0.3, 0.4) is 0 Å². The van der Waals surface area contributed by atoms with Gasteiger partial charge in [-0.3, -0.25) is 4.90 Å². The lowest BCUT2D eigenvalue weighted by molar-refractivity contribution is 0.252. The summed E-state index contributed by atoms with van der Waals surface area (Å²) in [4.78, 5) is 4.89. The van der Waals surface area contributed by atoms with Gasteiger partial charge >= 0.3 is 0 Å². The fourth-order valence-corrected chi connectivity index (χ4v) is 2.70. The molecule has 0 radical (unpaired) electrons. The number of hydrogen-bond acceptors (Lipinski definition) is 3. The zero-order chi connectivity index (χ0) is 14.2. The van der Waals surface area contributed by atoms with Gasteiger partial charge in [0, 0.05) is 31.9 Å². The van der Waals surface area contributed by atoms with Crippen LogP contribution in [0.5, 0.6) is 0 Å². The highest BCUT2D eigenvalue weighted by molar-refractivity contribution is 5.46. The average molecular weight is 279 g/mol. The fraction of sp³-hybridized carbons (Fsp3) is 0.625. The molecule has 1 heterocycles. The molecular weight excluding hydrogens is 253 g/mol. The minimum Gasteiger partial charge on any atom is -0.369 e. The van der Waals surface area contributed by atoms with E-state index in [2.05, 4.69) is 15.1 Å². The first-order valence-electron chi connectivity index (χ1n) is 7.67. The topological polar surface area (TPSA) is 18.5 Å². The number of halogens is 1. The predicted molar refractivity (Wildman–Crippen MR) is 82.8 cm³/mol. The summed E-state index contributed by atoms with van der Waals surface area (Å²) in [5.74, 6) is -0.158. The van der Waals surface area contributed by atoms with Crippen molar-refractivity contribution in [2.45, 2.75) is 19.3 Å². The van der Waals surface area contributed by atoms with Gasteiger partial charge in [0.2, 0.25) is 0 Å². The molecule has 1 aromatic carbocycles. The summed E-state index contributed by atoms with van der Waals surface area (Å²) >= 11 is 0. The Morgan fingerprint density at radius 2 is 1.70 bits per heavy atom. The number of benzene rings is 1. The van der Waals surface area contributed by atoms with Gasteiger partial charge in [0.25, 0.3) is 0 Å². The first-order chi connectivity index (χ1) is 9.79. The second-order valence-electron chi connectivity index (χ2n) is 5.47. The van der Waals surface area contributed by atoms with E-state index in [1.165, 1.54) is 25.8 Å². The standard InChI is InChI=1S/C16H26FN3/c1-18-9-3-2-4-10-19-11-13-20(14-12-19)16-7-5-15(17)6-8-16/h5-8,18H,2-4,9-14H2,1H3. The second kappa shape index (κ2) is 8.22. The van der Waals surface area contributed by atoms with Gasteiger partial charge in [0.05, 0.1) is 0 Å². The third-order valence-electron chi connectivity index (χ3n) is 3.97. The molecule has 0 amide bonds. The van der Waals surface area contributed by atoms with Gasteiger partial charge < -0.3 is 10.2 Å². The molecule has 1 N–H and O–H groups in total. The first kappa shape index (κ1) is 15.3. The van der Waals surface area contributed by atoms with Gasteiger partial charge in [0.1, 0.15) is 5.82 Å². The number of rotatable bonds is 7. The maximum absolute atomic E-state index is 12.9. The van der Waals surface area contributed by atoms with E-state index in [1.807, 2.05) is 19.2 Å². The SMILES string of the molecule is CNCCCCCN1CCN(c2ccc(F)cc2)CC1. The van der Waals surface area contributed by atoms with Gasteiger partial charge in [-0.05, 0) is 57.2 Å². The van der Waals surface area contributed by atoms with Crippen molar-refractivity contribution in [2.75, 3.05) is 51.2 Å². The van der Waals surface area contributed by atoms with E-state index in [-0.39, 0.29) is 5.82 Å². The van der Waals surface area contributed by atoms with Crippen LogP contribution in [0.1, 0.15) is 19.3 Å². The zero-order valence-electron chi connectivity index (χ0n) is 12.4. The van der Waals surface area contributed by atoms with Gasteiger partial charge in [0.15, 0.2) is 0 Å². The van der Waals surface area contributed by atoms with E-state index in [9.17, 15) is 4.39 Å². The highest BCUT2D eigenvalue weighted by Gasteiger charge is 2.16. The molecule has 0 bridgehead atoms. The van der Waals surface area contributed by atoms with Crippen molar-refractivity contribution in [3.05, 3.63) is 30.1 Å². The van der Waals surface area contributed by atoms with Crippen molar-refractivity contribution in [1.29, 1.82) is 0 Å². The van der Waals surface area contributed by atoms with Crippen molar-refractivity contribution in [3.63, 3.8) is 0 Å². The first-order valence-corrected chi connectivity index (χ1v) is 7.67. The van der Waals surface area contributed by atoms with Gasteiger partial charge in [-0.25, -0.2) is 4.39 Å². The van der Waals surface area contributed by atoms with Crippen molar-refractivity contribution in [2.24, 2.45) is 0 Å². The van der Waals surface area contributed by atoms with E-state index in [4.69, 9.17) is 0 Å². The Labute approximate surface area is 121 Å². The lowest BCUT2D eigenvalue weighted by Gasteiger charge is -2.36. The zero-order valence-corrected chi connectivity index (χ0v) is 12.4. The molecule has 0 atom stereocenters. The summed E-state index contributed by atoms with van der Waals surface area (Å²) < 4.78 is 12.9.